The molecular formula is C23H26N4O5. The topological polar surface area (TPSA) is 118 Å². The van der Waals surface area contributed by atoms with Crippen LogP contribution in [0.5, 0.6) is 0 Å². The van der Waals surface area contributed by atoms with Crippen LogP contribution >= 0.6 is 0 Å². The van der Waals surface area contributed by atoms with E-state index in [0.717, 1.165) is 24.1 Å². The summed E-state index contributed by atoms with van der Waals surface area (Å²) in [5, 5.41) is 3.85. The third kappa shape index (κ3) is 3.79. The van der Waals surface area contributed by atoms with Gasteiger partial charge >= 0.3 is 12.0 Å². The first-order chi connectivity index (χ1) is 15.2. The molecule has 4 amide bonds. The highest BCUT2D eigenvalue weighted by molar-refractivity contribution is 6.08. The van der Waals surface area contributed by atoms with Gasteiger partial charge in [0.15, 0.2) is 6.61 Å². The smallest absolute Gasteiger partial charge is 0.344 e. The van der Waals surface area contributed by atoms with Gasteiger partial charge in [0, 0.05) is 11.1 Å². The molecule has 2 aromatic rings. The van der Waals surface area contributed by atoms with E-state index in [9.17, 15) is 19.2 Å². The second-order valence-electron chi connectivity index (χ2n) is 8.64. The van der Waals surface area contributed by atoms with Crippen molar-refractivity contribution in [3.8, 4) is 0 Å². The lowest BCUT2D eigenvalue weighted by Crippen LogP contribution is -2.49. The molecule has 2 unspecified atom stereocenters. The van der Waals surface area contributed by atoms with E-state index >= 15 is 0 Å². The first-order valence-corrected chi connectivity index (χ1v) is 10.8. The number of carbonyl (C=O) groups is 4. The van der Waals surface area contributed by atoms with E-state index in [2.05, 4.69) is 17.7 Å². The van der Waals surface area contributed by atoms with Gasteiger partial charge in [-0.25, -0.2) is 9.59 Å². The zero-order valence-corrected chi connectivity index (χ0v) is 18.4. The molecule has 2 N–H and O–H groups in total. The number of fused-ring (bicyclic) bond motifs is 2. The first-order valence-electron chi connectivity index (χ1n) is 10.8. The van der Waals surface area contributed by atoms with Crippen molar-refractivity contribution in [1.29, 1.82) is 0 Å². The molecule has 9 nitrogen and oxygen atoms in total. The number of esters is 1. The summed E-state index contributed by atoms with van der Waals surface area (Å²) in [6, 6.07) is 6.63. The number of benzene rings is 1. The van der Waals surface area contributed by atoms with Crippen LogP contribution in [0.4, 0.5) is 4.79 Å². The number of ether oxygens (including phenoxy) is 1. The van der Waals surface area contributed by atoms with E-state index < -0.39 is 36.0 Å². The van der Waals surface area contributed by atoms with Gasteiger partial charge in [-0.1, -0.05) is 32.0 Å². The van der Waals surface area contributed by atoms with Gasteiger partial charge in [0.2, 0.25) is 0 Å². The Labute approximate surface area is 185 Å². The minimum atomic E-state index is -1.08. The molecule has 0 radical (unpaired) electrons. The number of aryl methyl sites for hydroxylation is 1. The minimum Gasteiger partial charge on any atom is -0.452 e. The molecule has 9 heteroatoms. The molecular weight excluding hydrogens is 412 g/mol. The Morgan fingerprint density at radius 3 is 2.78 bits per heavy atom. The fraction of sp³-hybridized carbons (Fsp3) is 0.435. The normalized spacial score (nSPS) is 22.5. The number of hydrazine groups is 1. The monoisotopic (exact) mass is 438 g/mol. The van der Waals surface area contributed by atoms with Gasteiger partial charge in [-0.3, -0.25) is 20.0 Å². The second kappa shape index (κ2) is 8.22. The summed E-state index contributed by atoms with van der Waals surface area (Å²) in [5.74, 6) is -1.55. The summed E-state index contributed by atoms with van der Waals surface area (Å²) in [5.41, 5.74) is 4.03. The Morgan fingerprint density at radius 1 is 1.31 bits per heavy atom. The zero-order valence-electron chi connectivity index (χ0n) is 18.4. The van der Waals surface area contributed by atoms with E-state index in [4.69, 9.17) is 9.72 Å². The van der Waals surface area contributed by atoms with Crippen LogP contribution in [0.25, 0.3) is 10.9 Å². The van der Waals surface area contributed by atoms with Crippen molar-refractivity contribution in [3.05, 3.63) is 41.1 Å². The summed E-state index contributed by atoms with van der Waals surface area (Å²) in [6.45, 7) is 4.84. The molecule has 4 rings (SSSR count). The summed E-state index contributed by atoms with van der Waals surface area (Å²) in [4.78, 5) is 54.6. The third-order valence-corrected chi connectivity index (χ3v) is 6.25. The number of imide groups is 1. The highest BCUT2D eigenvalue weighted by Crippen LogP contribution is 2.32. The van der Waals surface area contributed by atoms with Gasteiger partial charge in [-0.15, -0.1) is 0 Å². The summed E-state index contributed by atoms with van der Waals surface area (Å²) >= 11 is 0. The Balaban J connectivity index is 1.51. The summed E-state index contributed by atoms with van der Waals surface area (Å²) in [6.07, 6.45) is 2.86. The standard InChI is InChI=1S/C23H26N4O5/c1-4-23(3)21(30)27(22(31)25-23)26-18(28)12-32-20(29)19-14-7-5-6-8-16(14)24-17-10-9-13(2)11-15(17)19/h5-8,13H,4,9-12H2,1-3H3,(H,25,31)(H,26,28). The Kier molecular flexibility index (Phi) is 5.58. The minimum absolute atomic E-state index is 0.373. The maximum Gasteiger partial charge on any atom is 0.344 e. The predicted octanol–water partition coefficient (Wildman–Crippen LogP) is 2.27. The SMILES string of the molecule is CCC1(C)NC(=O)N(NC(=O)COC(=O)c2c3c(nc4ccccc24)CCC(C)C3)C1=O. The number of hydrogen-bond acceptors (Lipinski definition) is 6. The molecule has 0 spiro atoms. The fourth-order valence-electron chi connectivity index (χ4n) is 4.18. The van der Waals surface area contributed by atoms with Crippen LogP contribution in [0.15, 0.2) is 24.3 Å². The van der Waals surface area contributed by atoms with E-state index in [0.29, 0.717) is 40.2 Å². The number of hydrogen-bond donors (Lipinski definition) is 2. The van der Waals surface area contributed by atoms with Gasteiger partial charge in [-0.05, 0) is 50.2 Å². The molecule has 0 saturated carbocycles. The number of aromatic nitrogens is 1. The number of nitrogens with one attached hydrogen (secondary N) is 2. The molecule has 1 saturated heterocycles. The lowest BCUT2D eigenvalue weighted by molar-refractivity contribution is -0.139. The van der Waals surface area contributed by atoms with Crippen molar-refractivity contribution >= 4 is 34.7 Å². The van der Waals surface area contributed by atoms with Gasteiger partial charge in [0.05, 0.1) is 11.1 Å². The van der Waals surface area contributed by atoms with Crippen molar-refractivity contribution in [1.82, 2.24) is 20.7 Å². The van der Waals surface area contributed by atoms with Crippen LogP contribution in [0.2, 0.25) is 0 Å². The van der Waals surface area contributed by atoms with E-state index in [1.54, 1.807) is 13.8 Å². The molecule has 2 aliphatic rings. The molecule has 1 aliphatic heterocycles. The van der Waals surface area contributed by atoms with Crippen molar-refractivity contribution < 1.29 is 23.9 Å². The maximum absolute atomic E-state index is 13.1. The molecule has 32 heavy (non-hydrogen) atoms. The zero-order chi connectivity index (χ0) is 23.0. The lowest BCUT2D eigenvalue weighted by Gasteiger charge is -2.24. The number of rotatable bonds is 5. The third-order valence-electron chi connectivity index (χ3n) is 6.25. The first kappa shape index (κ1) is 21.7. The summed E-state index contributed by atoms with van der Waals surface area (Å²) < 4.78 is 5.31. The van der Waals surface area contributed by atoms with Gasteiger partial charge in [0.25, 0.3) is 11.8 Å². The maximum atomic E-state index is 13.1. The highest BCUT2D eigenvalue weighted by Gasteiger charge is 2.47. The van der Waals surface area contributed by atoms with Crippen molar-refractivity contribution in [2.24, 2.45) is 5.92 Å². The summed E-state index contributed by atoms with van der Waals surface area (Å²) in [7, 11) is 0. The van der Waals surface area contributed by atoms with E-state index in [1.165, 1.54) is 0 Å². The average Bonchev–Trinajstić information content (AvgIpc) is 2.99. The Hall–Kier alpha value is -3.49. The molecule has 1 aliphatic carbocycles. The molecule has 1 aromatic carbocycles. The molecule has 2 heterocycles. The number of amides is 4. The molecule has 0 bridgehead atoms. The van der Waals surface area contributed by atoms with Gasteiger partial charge in [0.1, 0.15) is 5.54 Å². The quantitative estimate of drug-likeness (QED) is 0.546. The Bertz CT molecular complexity index is 1130. The van der Waals surface area contributed by atoms with Crippen LogP contribution in [-0.4, -0.2) is 46.0 Å². The highest BCUT2D eigenvalue weighted by atomic mass is 16.5. The van der Waals surface area contributed by atoms with E-state index in [-0.39, 0.29) is 0 Å². The molecule has 2 atom stereocenters. The van der Waals surface area contributed by atoms with Crippen molar-refractivity contribution in [2.75, 3.05) is 6.61 Å². The lowest BCUT2D eigenvalue weighted by atomic mass is 9.84. The molecule has 1 aromatic heterocycles. The second-order valence-corrected chi connectivity index (χ2v) is 8.64. The van der Waals surface area contributed by atoms with Gasteiger partial charge < -0.3 is 10.1 Å². The van der Waals surface area contributed by atoms with E-state index in [1.807, 2.05) is 24.3 Å². The average molecular weight is 438 g/mol. The molecule has 1 fully saturated rings. The number of nitrogens with zero attached hydrogens (tertiary/aromatic N) is 2. The van der Waals surface area contributed by atoms with Crippen LogP contribution in [0, 0.1) is 5.92 Å². The van der Waals surface area contributed by atoms with Crippen LogP contribution in [0.1, 0.15) is 55.2 Å². The Morgan fingerprint density at radius 2 is 2.06 bits per heavy atom. The van der Waals surface area contributed by atoms with Gasteiger partial charge in [-0.2, -0.15) is 5.01 Å². The molecule has 168 valence electrons. The number of urea groups is 1. The number of para-hydroxylation sites is 1. The van der Waals surface area contributed by atoms with Crippen LogP contribution in [0.3, 0.4) is 0 Å². The van der Waals surface area contributed by atoms with Crippen molar-refractivity contribution in [2.45, 2.75) is 52.0 Å². The predicted molar refractivity (Wildman–Crippen MR) is 115 cm³/mol. The largest absolute Gasteiger partial charge is 0.452 e. The van der Waals surface area contributed by atoms with Crippen LogP contribution < -0.4 is 10.7 Å². The van der Waals surface area contributed by atoms with Crippen molar-refractivity contribution in [3.63, 3.8) is 0 Å². The van der Waals surface area contributed by atoms with Crippen LogP contribution in [-0.2, 0) is 27.2 Å². The number of pyridine rings is 1. The number of carbonyl (C=O) groups excluding carboxylic acids is 4. The fourth-order valence-corrected chi connectivity index (χ4v) is 4.18.